The number of para-hydroxylation sites is 2. The van der Waals surface area contributed by atoms with Crippen LogP contribution >= 0.6 is 0 Å². The van der Waals surface area contributed by atoms with Gasteiger partial charge in [0.2, 0.25) is 17.8 Å². The van der Waals surface area contributed by atoms with Crippen molar-refractivity contribution in [2.45, 2.75) is 6.10 Å². The Morgan fingerprint density at radius 3 is 2.45 bits per heavy atom. The van der Waals surface area contributed by atoms with Crippen LogP contribution in [0.1, 0.15) is 10.4 Å². The monoisotopic (exact) mass is 415 g/mol. The predicted molar refractivity (Wildman–Crippen MR) is 110 cm³/mol. The molecule has 2 heterocycles. The number of Topliss-reactive ketones (excluding diaryl/α,β-unsaturated/α-hetero) is 1. The van der Waals surface area contributed by atoms with E-state index in [-0.39, 0.29) is 11.4 Å². The average Bonchev–Trinajstić information content (AvgIpc) is 3.33. The highest BCUT2D eigenvalue weighted by Gasteiger charge is 2.58. The van der Waals surface area contributed by atoms with Crippen molar-refractivity contribution < 1.29 is 24.1 Å². The van der Waals surface area contributed by atoms with Gasteiger partial charge in [0.05, 0.1) is 4.92 Å². The summed E-state index contributed by atoms with van der Waals surface area (Å²) < 4.78 is 0. The lowest BCUT2D eigenvalue weighted by atomic mass is 9.92. The summed E-state index contributed by atoms with van der Waals surface area (Å²) in [6.07, 6.45) is -1.33. The van der Waals surface area contributed by atoms with Gasteiger partial charge in [0.25, 0.3) is 11.6 Å². The molecule has 3 aromatic carbocycles. The normalized spacial score (nSPS) is 19.9. The Morgan fingerprint density at radius 1 is 0.968 bits per heavy atom. The zero-order chi connectivity index (χ0) is 21.7. The molecule has 0 bridgehead atoms. The summed E-state index contributed by atoms with van der Waals surface area (Å²) in [6, 6.07) is 17.9. The van der Waals surface area contributed by atoms with Gasteiger partial charge in [0.1, 0.15) is 17.3 Å². The maximum Gasteiger partial charge on any atom is 0.293 e. The van der Waals surface area contributed by atoms with Gasteiger partial charge in [-0.15, -0.1) is 0 Å². The van der Waals surface area contributed by atoms with Gasteiger partial charge in [0, 0.05) is 11.6 Å². The molecule has 3 aromatic rings. The Morgan fingerprint density at radius 2 is 1.68 bits per heavy atom. The maximum atomic E-state index is 13.1. The van der Waals surface area contributed by atoms with Crippen LogP contribution in [0.25, 0.3) is 10.8 Å². The van der Waals surface area contributed by atoms with Gasteiger partial charge in [-0.05, 0) is 22.9 Å². The van der Waals surface area contributed by atoms with Crippen molar-refractivity contribution >= 4 is 45.5 Å². The summed E-state index contributed by atoms with van der Waals surface area (Å²) in [4.78, 5) is 55.5. The number of carbonyl (C=O) groups is 3. The SMILES string of the molecule is O=C(C1=NO[C@@H]2C(=O)N(c3ccccc3[N+](=O)[O-])C(=O)[C@@H]12)c1ccc2ccccc2c1. The summed E-state index contributed by atoms with van der Waals surface area (Å²) in [6.45, 7) is 0. The lowest BCUT2D eigenvalue weighted by Crippen LogP contribution is -2.34. The van der Waals surface area contributed by atoms with Crippen LogP contribution in [-0.4, -0.2) is 34.3 Å². The minimum Gasteiger partial charge on any atom is -0.381 e. The van der Waals surface area contributed by atoms with E-state index in [1.165, 1.54) is 24.3 Å². The third-order valence-electron chi connectivity index (χ3n) is 5.38. The molecule has 2 aliphatic heterocycles. The van der Waals surface area contributed by atoms with Crippen LogP contribution in [0, 0.1) is 16.0 Å². The van der Waals surface area contributed by atoms with Crippen molar-refractivity contribution in [2.75, 3.05) is 4.90 Å². The molecular formula is C22H13N3O6. The summed E-state index contributed by atoms with van der Waals surface area (Å²) in [5.41, 5.74) is -0.465. The maximum absolute atomic E-state index is 13.1. The minimum absolute atomic E-state index is 0.169. The molecule has 2 atom stereocenters. The number of ketones is 1. The molecule has 1 fully saturated rings. The largest absolute Gasteiger partial charge is 0.381 e. The lowest BCUT2D eigenvalue weighted by Gasteiger charge is -2.15. The number of amides is 2. The molecule has 152 valence electrons. The number of nitro benzene ring substituents is 1. The molecule has 1 saturated heterocycles. The quantitative estimate of drug-likeness (QED) is 0.280. The minimum atomic E-state index is -1.33. The molecule has 2 amide bonds. The van der Waals surface area contributed by atoms with E-state index < -0.39 is 40.2 Å². The van der Waals surface area contributed by atoms with Crippen LogP contribution in [0.5, 0.6) is 0 Å². The number of rotatable bonds is 4. The van der Waals surface area contributed by atoms with Gasteiger partial charge in [0.15, 0.2) is 0 Å². The van der Waals surface area contributed by atoms with Crippen molar-refractivity contribution in [3.63, 3.8) is 0 Å². The Kier molecular flexibility index (Phi) is 4.11. The van der Waals surface area contributed by atoms with Crippen LogP contribution in [0.4, 0.5) is 11.4 Å². The van der Waals surface area contributed by atoms with Gasteiger partial charge in [-0.3, -0.25) is 24.5 Å². The first kappa shape index (κ1) is 18.6. The molecule has 0 saturated carbocycles. The fraction of sp³-hybridized carbons (Fsp3) is 0.0909. The number of benzene rings is 3. The number of anilines is 1. The zero-order valence-corrected chi connectivity index (χ0v) is 15.8. The van der Waals surface area contributed by atoms with Gasteiger partial charge in [-0.1, -0.05) is 53.7 Å². The van der Waals surface area contributed by atoms with Gasteiger partial charge < -0.3 is 4.84 Å². The molecule has 0 radical (unpaired) electrons. The first-order chi connectivity index (χ1) is 15.0. The Bertz CT molecular complexity index is 1330. The van der Waals surface area contributed by atoms with Crippen LogP contribution in [-0.2, 0) is 14.4 Å². The number of nitro groups is 1. The summed E-state index contributed by atoms with van der Waals surface area (Å²) >= 11 is 0. The van der Waals surface area contributed by atoms with Crippen LogP contribution in [0.15, 0.2) is 71.9 Å². The van der Waals surface area contributed by atoms with Gasteiger partial charge in [-0.2, -0.15) is 0 Å². The van der Waals surface area contributed by atoms with Gasteiger partial charge >= 0.3 is 0 Å². The van der Waals surface area contributed by atoms with E-state index in [0.29, 0.717) is 10.5 Å². The first-order valence-corrected chi connectivity index (χ1v) is 9.36. The van der Waals surface area contributed by atoms with E-state index >= 15 is 0 Å². The molecule has 31 heavy (non-hydrogen) atoms. The number of hydrogen-bond acceptors (Lipinski definition) is 7. The highest BCUT2D eigenvalue weighted by molar-refractivity contribution is 6.52. The predicted octanol–water partition coefficient (Wildman–Crippen LogP) is 2.88. The molecule has 9 nitrogen and oxygen atoms in total. The van der Waals surface area contributed by atoms with Crippen LogP contribution in [0.3, 0.4) is 0 Å². The van der Waals surface area contributed by atoms with E-state index in [1.54, 1.807) is 18.2 Å². The Labute approximate surface area is 174 Å². The van der Waals surface area contributed by atoms with Gasteiger partial charge in [-0.25, -0.2) is 4.90 Å². The summed E-state index contributed by atoms with van der Waals surface area (Å²) in [5.74, 6) is -3.38. The molecule has 5 rings (SSSR count). The fourth-order valence-electron chi connectivity index (χ4n) is 3.89. The number of fused-ring (bicyclic) bond motifs is 2. The third-order valence-corrected chi connectivity index (χ3v) is 5.38. The molecule has 2 aliphatic rings. The van der Waals surface area contributed by atoms with Crippen molar-refractivity contribution in [3.8, 4) is 0 Å². The van der Waals surface area contributed by atoms with E-state index in [0.717, 1.165) is 10.8 Å². The zero-order valence-electron chi connectivity index (χ0n) is 15.8. The average molecular weight is 415 g/mol. The second kappa shape index (κ2) is 6.84. The molecule has 0 spiro atoms. The van der Waals surface area contributed by atoms with Crippen molar-refractivity contribution in [3.05, 3.63) is 82.4 Å². The van der Waals surface area contributed by atoms with E-state index in [1.807, 2.05) is 24.3 Å². The number of carbonyl (C=O) groups excluding carboxylic acids is 3. The van der Waals surface area contributed by atoms with Crippen molar-refractivity contribution in [2.24, 2.45) is 11.1 Å². The van der Waals surface area contributed by atoms with E-state index in [2.05, 4.69) is 5.16 Å². The number of nitrogens with zero attached hydrogens (tertiary/aromatic N) is 3. The molecular weight excluding hydrogens is 402 g/mol. The van der Waals surface area contributed by atoms with E-state index in [4.69, 9.17) is 4.84 Å². The fourth-order valence-corrected chi connectivity index (χ4v) is 3.89. The van der Waals surface area contributed by atoms with Crippen molar-refractivity contribution in [1.82, 2.24) is 0 Å². The highest BCUT2D eigenvalue weighted by Crippen LogP contribution is 2.38. The lowest BCUT2D eigenvalue weighted by molar-refractivity contribution is -0.384. The summed E-state index contributed by atoms with van der Waals surface area (Å²) in [7, 11) is 0. The second-order valence-corrected chi connectivity index (χ2v) is 7.13. The van der Waals surface area contributed by atoms with Crippen LogP contribution in [0.2, 0.25) is 0 Å². The number of imide groups is 1. The van der Waals surface area contributed by atoms with E-state index in [9.17, 15) is 24.5 Å². The first-order valence-electron chi connectivity index (χ1n) is 9.36. The second-order valence-electron chi connectivity index (χ2n) is 7.13. The topological polar surface area (TPSA) is 119 Å². The Balaban J connectivity index is 1.50. The molecule has 0 unspecified atom stereocenters. The van der Waals surface area contributed by atoms with Crippen molar-refractivity contribution in [1.29, 1.82) is 0 Å². The smallest absolute Gasteiger partial charge is 0.293 e. The molecule has 0 aromatic heterocycles. The number of hydrogen-bond donors (Lipinski definition) is 0. The highest BCUT2D eigenvalue weighted by atomic mass is 16.7. The standard InChI is InChI=1S/C22H13N3O6/c26-19(14-10-9-12-5-1-2-6-13(12)11-14)18-17-20(31-23-18)22(28)24(21(17)27)15-7-3-4-8-16(15)25(29)30/h1-11,17,20H/t17-,20-/m0/s1. The Hall–Kier alpha value is -4.40. The number of oxime groups is 1. The van der Waals surface area contributed by atoms with Crippen LogP contribution < -0.4 is 4.90 Å². The third kappa shape index (κ3) is 2.78. The summed E-state index contributed by atoms with van der Waals surface area (Å²) in [5, 5.41) is 16.9. The molecule has 0 N–H and O–H groups in total. The molecule has 0 aliphatic carbocycles. The molecule has 9 heteroatoms.